The maximum absolute atomic E-state index is 13.1. The second kappa shape index (κ2) is 10.3. The highest BCUT2D eigenvalue weighted by molar-refractivity contribution is 5.95. The van der Waals surface area contributed by atoms with E-state index in [-0.39, 0.29) is 11.9 Å². The lowest BCUT2D eigenvalue weighted by Gasteiger charge is -2.31. The van der Waals surface area contributed by atoms with Crippen molar-refractivity contribution in [3.05, 3.63) is 53.3 Å². The smallest absolute Gasteiger partial charge is 0.475 e. The number of likely N-dealkylation sites (tertiary alicyclic amines) is 1. The number of amides is 1. The van der Waals surface area contributed by atoms with Crippen LogP contribution in [0.15, 0.2) is 36.7 Å². The van der Waals surface area contributed by atoms with Crippen molar-refractivity contribution in [2.24, 2.45) is 7.05 Å². The Morgan fingerprint density at radius 2 is 2.00 bits per heavy atom. The maximum Gasteiger partial charge on any atom is 0.490 e. The molecule has 0 radical (unpaired) electrons. The molecule has 1 saturated heterocycles. The van der Waals surface area contributed by atoms with Crippen LogP contribution < -0.4 is 0 Å². The number of likely N-dealkylation sites (N-methyl/N-ethyl adjacent to an activating group) is 1. The molecule has 1 fully saturated rings. The standard InChI is InChI=1S/C19H23N5O.C2HF3O2/c1-22(2)17-7-8-24(18(17)10-15-12-21-23(3)13-15)19(25)16-6-4-5-14(9-16)11-20;3-2(4,5)1(6)7/h4-6,9,12-13,17-18H,7-8,10H2,1-3H3;(H,6,7)/t17-,18+;/m1./s1. The summed E-state index contributed by atoms with van der Waals surface area (Å²) in [6.45, 7) is 0.726. The quantitative estimate of drug-likeness (QED) is 0.766. The van der Waals surface area contributed by atoms with Gasteiger partial charge in [-0.25, -0.2) is 4.79 Å². The summed E-state index contributed by atoms with van der Waals surface area (Å²) in [5.41, 5.74) is 2.22. The third kappa shape index (κ3) is 6.31. The Balaban J connectivity index is 0.000000451. The molecule has 2 aromatic rings. The molecule has 0 saturated carbocycles. The Morgan fingerprint density at radius 3 is 2.50 bits per heavy atom. The van der Waals surface area contributed by atoms with Crippen LogP contribution >= 0.6 is 0 Å². The Hall–Kier alpha value is -3.39. The van der Waals surface area contributed by atoms with Crippen molar-refractivity contribution >= 4 is 11.9 Å². The lowest BCUT2D eigenvalue weighted by Crippen LogP contribution is -2.45. The van der Waals surface area contributed by atoms with E-state index in [0.29, 0.717) is 17.2 Å². The zero-order valence-electron chi connectivity index (χ0n) is 17.9. The first-order valence-corrected chi connectivity index (χ1v) is 9.69. The number of rotatable bonds is 4. The van der Waals surface area contributed by atoms with E-state index < -0.39 is 12.1 Å². The highest BCUT2D eigenvalue weighted by Gasteiger charge is 2.39. The molecule has 0 bridgehead atoms. The molecular formula is C21H24F3N5O3. The topological polar surface area (TPSA) is 102 Å². The van der Waals surface area contributed by atoms with E-state index in [1.165, 1.54) is 0 Å². The van der Waals surface area contributed by atoms with Gasteiger partial charge in [0.25, 0.3) is 5.91 Å². The molecule has 11 heteroatoms. The first-order chi connectivity index (χ1) is 14.9. The van der Waals surface area contributed by atoms with E-state index in [0.717, 1.165) is 24.9 Å². The van der Waals surface area contributed by atoms with Gasteiger partial charge >= 0.3 is 12.1 Å². The highest BCUT2D eigenvalue weighted by Crippen LogP contribution is 2.26. The van der Waals surface area contributed by atoms with Gasteiger partial charge in [-0.1, -0.05) is 6.07 Å². The van der Waals surface area contributed by atoms with Gasteiger partial charge in [-0.05, 0) is 50.7 Å². The molecule has 0 unspecified atom stereocenters. The number of carbonyl (C=O) groups excluding carboxylic acids is 1. The summed E-state index contributed by atoms with van der Waals surface area (Å²) < 4.78 is 33.5. The summed E-state index contributed by atoms with van der Waals surface area (Å²) in [6, 6.07) is 9.45. The number of carboxylic acids is 1. The number of benzene rings is 1. The van der Waals surface area contributed by atoms with E-state index in [1.807, 2.05) is 24.3 Å². The predicted molar refractivity (Wildman–Crippen MR) is 109 cm³/mol. The molecule has 3 rings (SSSR count). The van der Waals surface area contributed by atoms with Crippen molar-refractivity contribution in [1.29, 1.82) is 5.26 Å². The Labute approximate surface area is 183 Å². The molecule has 8 nitrogen and oxygen atoms in total. The van der Waals surface area contributed by atoms with Crippen molar-refractivity contribution in [3.63, 3.8) is 0 Å². The van der Waals surface area contributed by atoms with Gasteiger partial charge in [0.15, 0.2) is 0 Å². The van der Waals surface area contributed by atoms with Gasteiger partial charge in [0, 0.05) is 31.4 Å². The molecular weight excluding hydrogens is 427 g/mol. The zero-order valence-corrected chi connectivity index (χ0v) is 17.9. The van der Waals surface area contributed by atoms with E-state index in [1.54, 1.807) is 28.9 Å². The van der Waals surface area contributed by atoms with Crippen LogP contribution in [0.25, 0.3) is 0 Å². The van der Waals surface area contributed by atoms with Crippen molar-refractivity contribution in [2.45, 2.75) is 31.1 Å². The molecule has 0 spiro atoms. The highest BCUT2D eigenvalue weighted by atomic mass is 19.4. The number of aromatic nitrogens is 2. The van der Waals surface area contributed by atoms with Crippen LogP contribution in [0.2, 0.25) is 0 Å². The number of hydrogen-bond donors (Lipinski definition) is 1. The summed E-state index contributed by atoms with van der Waals surface area (Å²) in [6.07, 6.45) is 0.510. The first-order valence-electron chi connectivity index (χ1n) is 9.69. The Morgan fingerprint density at radius 1 is 1.34 bits per heavy atom. The lowest BCUT2D eigenvalue weighted by atomic mass is 10.0. The van der Waals surface area contributed by atoms with Gasteiger partial charge in [0.05, 0.1) is 23.9 Å². The minimum absolute atomic E-state index is 0.00431. The third-order valence-electron chi connectivity index (χ3n) is 5.12. The van der Waals surface area contributed by atoms with Crippen LogP contribution in [0.5, 0.6) is 0 Å². The van der Waals surface area contributed by atoms with Gasteiger partial charge in [-0.15, -0.1) is 0 Å². The van der Waals surface area contributed by atoms with Crippen LogP contribution in [0.4, 0.5) is 13.2 Å². The average molecular weight is 451 g/mol. The molecule has 1 amide bonds. The van der Waals surface area contributed by atoms with E-state index in [4.69, 9.17) is 15.2 Å². The lowest BCUT2D eigenvalue weighted by molar-refractivity contribution is -0.192. The molecule has 1 aliphatic rings. The van der Waals surface area contributed by atoms with Gasteiger partial charge in [0.2, 0.25) is 0 Å². The number of aryl methyl sites for hydroxylation is 1. The summed E-state index contributed by atoms with van der Waals surface area (Å²) in [5, 5.41) is 20.5. The summed E-state index contributed by atoms with van der Waals surface area (Å²) >= 11 is 0. The number of alkyl halides is 3. The van der Waals surface area contributed by atoms with Crippen LogP contribution in [0, 0.1) is 11.3 Å². The molecule has 2 atom stereocenters. The fraction of sp³-hybridized carbons (Fsp3) is 0.429. The SMILES string of the molecule is CN(C)[C@@H]1CCN(C(=O)c2cccc(C#N)c2)[C@H]1Cc1cnn(C)c1.O=C(O)C(F)(F)F. The number of nitrogens with zero attached hydrogens (tertiary/aromatic N) is 5. The maximum atomic E-state index is 13.1. The van der Waals surface area contributed by atoms with E-state index >= 15 is 0 Å². The van der Waals surface area contributed by atoms with Crippen molar-refractivity contribution < 1.29 is 27.9 Å². The van der Waals surface area contributed by atoms with Crippen LogP contribution in [-0.2, 0) is 18.3 Å². The van der Waals surface area contributed by atoms with Crippen molar-refractivity contribution in [3.8, 4) is 6.07 Å². The number of carboxylic acid groups (broad SMARTS) is 1. The minimum atomic E-state index is -5.08. The van der Waals surface area contributed by atoms with Gasteiger partial charge in [-0.2, -0.15) is 23.5 Å². The average Bonchev–Trinajstić information content (AvgIpc) is 3.33. The predicted octanol–water partition coefficient (Wildman–Crippen LogP) is 2.31. The largest absolute Gasteiger partial charge is 0.490 e. The molecule has 2 heterocycles. The summed E-state index contributed by atoms with van der Waals surface area (Å²) in [7, 11) is 6.02. The number of nitriles is 1. The number of halogens is 3. The first kappa shape index (κ1) is 24.9. The molecule has 172 valence electrons. The molecule has 0 aliphatic carbocycles. The summed E-state index contributed by atoms with van der Waals surface area (Å²) in [4.78, 5) is 26.1. The molecule has 1 aromatic heterocycles. The minimum Gasteiger partial charge on any atom is -0.475 e. The van der Waals surface area contributed by atoms with E-state index in [2.05, 4.69) is 30.2 Å². The normalized spacial score (nSPS) is 18.1. The second-order valence-corrected chi connectivity index (χ2v) is 7.61. The number of hydrogen-bond acceptors (Lipinski definition) is 5. The van der Waals surface area contributed by atoms with Gasteiger partial charge in [0.1, 0.15) is 0 Å². The Bertz CT molecular complexity index is 997. The number of aliphatic carboxylic acids is 1. The zero-order chi connectivity index (χ0) is 24.1. The second-order valence-electron chi connectivity index (χ2n) is 7.61. The molecule has 1 N–H and O–H groups in total. The van der Waals surface area contributed by atoms with Gasteiger partial charge < -0.3 is 14.9 Å². The summed E-state index contributed by atoms with van der Waals surface area (Å²) in [5.74, 6) is -2.76. The van der Waals surface area contributed by atoms with Crippen LogP contribution in [0.3, 0.4) is 0 Å². The van der Waals surface area contributed by atoms with Gasteiger partial charge in [-0.3, -0.25) is 9.48 Å². The van der Waals surface area contributed by atoms with Crippen molar-refractivity contribution in [1.82, 2.24) is 19.6 Å². The third-order valence-corrected chi connectivity index (χ3v) is 5.12. The number of carbonyl (C=O) groups is 2. The molecule has 32 heavy (non-hydrogen) atoms. The molecule has 1 aromatic carbocycles. The van der Waals surface area contributed by atoms with Crippen LogP contribution in [0.1, 0.15) is 27.9 Å². The monoisotopic (exact) mass is 451 g/mol. The molecule has 1 aliphatic heterocycles. The van der Waals surface area contributed by atoms with E-state index in [9.17, 15) is 18.0 Å². The fourth-order valence-electron chi connectivity index (χ4n) is 3.64. The van der Waals surface area contributed by atoms with Crippen molar-refractivity contribution in [2.75, 3.05) is 20.6 Å². The van der Waals surface area contributed by atoms with Crippen LogP contribution in [-0.4, -0.2) is 75.5 Å². The Kier molecular flexibility index (Phi) is 7.99. The fourth-order valence-corrected chi connectivity index (χ4v) is 3.64.